The molecule has 15 heteroatoms. The van der Waals surface area contributed by atoms with Gasteiger partial charge in [-0.25, -0.2) is 17.9 Å². The monoisotopic (exact) mass is 756 g/mol. The van der Waals surface area contributed by atoms with Crippen molar-refractivity contribution in [1.29, 1.82) is 0 Å². The third-order valence-electron chi connectivity index (χ3n) is 8.92. The average molecular weight is 757 g/mol. The predicted octanol–water partition coefficient (Wildman–Crippen LogP) is 4.85. The summed E-state index contributed by atoms with van der Waals surface area (Å²) in [6.07, 6.45) is 5.16. The second kappa shape index (κ2) is 17.9. The number of fused-ring (bicyclic) bond motifs is 1. The molecule has 0 aliphatic carbocycles. The van der Waals surface area contributed by atoms with Crippen LogP contribution < -0.4 is 25.0 Å². The second-order valence-electron chi connectivity index (χ2n) is 12.9. The van der Waals surface area contributed by atoms with Crippen molar-refractivity contribution in [3.8, 4) is 11.5 Å². The molecule has 1 unspecified atom stereocenters. The minimum atomic E-state index is -4.09. The molecule has 1 heterocycles. The van der Waals surface area contributed by atoms with Gasteiger partial charge in [0, 0.05) is 18.3 Å². The van der Waals surface area contributed by atoms with E-state index in [2.05, 4.69) is 29.2 Å². The fraction of sp³-hybridized carbons (Fsp3) is 0.432. The Morgan fingerprint density at radius 2 is 1.63 bits per heavy atom. The van der Waals surface area contributed by atoms with Gasteiger partial charge < -0.3 is 35.6 Å². The Kier molecular flexibility index (Phi) is 14.0. The highest BCUT2D eigenvalue weighted by molar-refractivity contribution is 7.98. The van der Waals surface area contributed by atoms with E-state index in [4.69, 9.17) is 4.74 Å². The number of nitrogens with one attached hydrogen (secondary N) is 3. The van der Waals surface area contributed by atoms with E-state index < -0.39 is 58.1 Å². The van der Waals surface area contributed by atoms with E-state index >= 15 is 0 Å². The van der Waals surface area contributed by atoms with Crippen molar-refractivity contribution in [3.05, 3.63) is 72.3 Å². The van der Waals surface area contributed by atoms with E-state index in [9.17, 15) is 38.1 Å². The molecule has 3 aromatic rings. The SMILES string of the molecule is CCCCC1(CCCC)CN(c2ccccc2)c2cc(SC)c(OCC(=O)NC(C(=O)N[C@H](C(=O)O)[C@@H](C)O)c3ccc(O)cc3)cc2S(=O)(=O)N1. The van der Waals surface area contributed by atoms with Crippen LogP contribution in [0, 0.1) is 0 Å². The molecule has 0 saturated carbocycles. The van der Waals surface area contributed by atoms with Crippen molar-refractivity contribution in [2.75, 3.05) is 24.3 Å². The number of rotatable bonds is 17. The third-order valence-corrected chi connectivity index (χ3v) is 11.3. The number of aliphatic hydroxyl groups excluding tert-OH is 1. The zero-order valence-electron chi connectivity index (χ0n) is 29.8. The summed E-state index contributed by atoms with van der Waals surface area (Å²) in [5.74, 6) is -3.13. The van der Waals surface area contributed by atoms with Crippen LogP contribution in [0.5, 0.6) is 11.5 Å². The summed E-state index contributed by atoms with van der Waals surface area (Å²) in [7, 11) is -4.09. The van der Waals surface area contributed by atoms with Crippen LogP contribution in [0.4, 0.5) is 11.4 Å². The topological polar surface area (TPSA) is 195 Å². The number of ether oxygens (including phenoxy) is 1. The molecule has 2 amide bonds. The number of thioether (sulfide) groups is 1. The normalized spacial score (nSPS) is 16.4. The van der Waals surface area contributed by atoms with Crippen molar-refractivity contribution in [2.45, 2.75) is 92.8 Å². The molecule has 13 nitrogen and oxygen atoms in total. The van der Waals surface area contributed by atoms with Gasteiger partial charge in [-0.1, -0.05) is 69.9 Å². The maximum Gasteiger partial charge on any atom is 0.328 e. The van der Waals surface area contributed by atoms with Crippen LogP contribution in [-0.2, 0) is 24.4 Å². The number of phenols is 1. The van der Waals surface area contributed by atoms with Gasteiger partial charge in [-0.05, 0) is 61.9 Å². The second-order valence-corrected chi connectivity index (χ2v) is 15.4. The van der Waals surface area contributed by atoms with Crippen molar-refractivity contribution in [1.82, 2.24) is 15.4 Å². The predicted molar refractivity (Wildman–Crippen MR) is 200 cm³/mol. The summed E-state index contributed by atoms with van der Waals surface area (Å²) in [5.41, 5.74) is 0.794. The molecule has 6 N–H and O–H groups in total. The van der Waals surface area contributed by atoms with Gasteiger partial charge in [0.15, 0.2) is 12.6 Å². The van der Waals surface area contributed by atoms with Crippen LogP contribution in [0.2, 0.25) is 0 Å². The minimum absolute atomic E-state index is 0.00128. The molecule has 3 aromatic carbocycles. The molecule has 4 rings (SSSR count). The molecule has 0 aromatic heterocycles. The van der Waals surface area contributed by atoms with Crippen molar-refractivity contribution in [2.24, 2.45) is 0 Å². The molecule has 0 bridgehead atoms. The minimum Gasteiger partial charge on any atom is -0.508 e. The number of carbonyl (C=O) groups excluding carboxylic acids is 2. The van der Waals surface area contributed by atoms with Gasteiger partial charge in [0.05, 0.1) is 22.2 Å². The van der Waals surface area contributed by atoms with Gasteiger partial charge in [-0.3, -0.25) is 9.59 Å². The maximum absolute atomic E-state index is 14.3. The number of anilines is 2. The quantitative estimate of drug-likeness (QED) is 0.103. The van der Waals surface area contributed by atoms with E-state index in [1.165, 1.54) is 49.0 Å². The highest BCUT2D eigenvalue weighted by Gasteiger charge is 2.42. The Morgan fingerprint density at radius 3 is 2.19 bits per heavy atom. The Bertz CT molecular complexity index is 1800. The van der Waals surface area contributed by atoms with Crippen molar-refractivity contribution < 1.29 is 42.9 Å². The molecule has 1 aliphatic rings. The molecule has 3 atom stereocenters. The van der Waals surface area contributed by atoms with Crippen molar-refractivity contribution >= 4 is 50.9 Å². The average Bonchev–Trinajstić information content (AvgIpc) is 3.21. The Morgan fingerprint density at radius 1 is 1.00 bits per heavy atom. The molecule has 282 valence electrons. The van der Waals surface area contributed by atoms with Gasteiger partial charge in [0.25, 0.3) is 5.91 Å². The number of carboxylic acids is 1. The number of aliphatic hydroxyl groups is 1. The number of aromatic hydroxyl groups is 1. The number of carboxylic acid groups (broad SMARTS) is 1. The van der Waals surface area contributed by atoms with Gasteiger partial charge in [-0.2, -0.15) is 0 Å². The number of sulfonamides is 1. The van der Waals surface area contributed by atoms with Gasteiger partial charge in [0.1, 0.15) is 22.4 Å². The highest BCUT2D eigenvalue weighted by Crippen LogP contribution is 2.44. The van der Waals surface area contributed by atoms with Gasteiger partial charge in [-0.15, -0.1) is 11.8 Å². The highest BCUT2D eigenvalue weighted by atomic mass is 32.2. The van der Waals surface area contributed by atoms with Crippen molar-refractivity contribution in [3.63, 3.8) is 0 Å². The number of benzene rings is 3. The zero-order valence-corrected chi connectivity index (χ0v) is 31.4. The Balaban J connectivity index is 1.69. The smallest absolute Gasteiger partial charge is 0.328 e. The van der Waals surface area contributed by atoms with E-state index in [0.717, 1.165) is 31.4 Å². The number of hydrogen-bond acceptors (Lipinski definition) is 10. The molecule has 0 fully saturated rings. The first-order chi connectivity index (χ1) is 24.7. The summed E-state index contributed by atoms with van der Waals surface area (Å²) in [6, 6.07) is 15.1. The summed E-state index contributed by atoms with van der Waals surface area (Å²) in [4.78, 5) is 40.9. The molecule has 0 radical (unpaired) electrons. The first-order valence-electron chi connectivity index (χ1n) is 17.2. The van der Waals surface area contributed by atoms with Gasteiger partial charge in [0.2, 0.25) is 15.9 Å². The lowest BCUT2D eigenvalue weighted by atomic mass is 9.87. The number of carbonyl (C=O) groups is 3. The van der Waals surface area contributed by atoms with Crippen LogP contribution in [0.25, 0.3) is 0 Å². The largest absolute Gasteiger partial charge is 0.508 e. The van der Waals surface area contributed by atoms with E-state index in [1.54, 1.807) is 6.07 Å². The Hall–Kier alpha value is -4.31. The summed E-state index contributed by atoms with van der Waals surface area (Å²) in [5, 5.41) is 33.9. The molecular formula is C37H48N4O9S2. The maximum atomic E-state index is 14.3. The number of para-hydroxylation sites is 1. The number of nitrogens with zero attached hydrogens (tertiary/aromatic N) is 1. The lowest BCUT2D eigenvalue weighted by Crippen LogP contribution is -2.53. The number of unbranched alkanes of at least 4 members (excludes halogenated alkanes) is 2. The molecule has 52 heavy (non-hydrogen) atoms. The van der Waals surface area contributed by atoms with Crippen LogP contribution in [-0.4, -0.2) is 78.6 Å². The first kappa shape index (κ1) is 40.5. The first-order valence-corrected chi connectivity index (χ1v) is 20.0. The molecule has 1 aliphatic heterocycles. The fourth-order valence-corrected chi connectivity index (χ4v) is 8.39. The van der Waals surface area contributed by atoms with E-state index in [0.29, 0.717) is 30.0 Å². The fourth-order valence-electron chi connectivity index (χ4n) is 6.18. The number of hydrogen-bond donors (Lipinski definition) is 6. The van der Waals surface area contributed by atoms with Crippen LogP contribution in [0.3, 0.4) is 0 Å². The number of aliphatic carboxylic acids is 1. The van der Waals surface area contributed by atoms with Crippen LogP contribution in [0.15, 0.2) is 76.5 Å². The summed E-state index contributed by atoms with van der Waals surface area (Å²) < 4.78 is 37.6. The van der Waals surface area contributed by atoms with Crippen LogP contribution >= 0.6 is 11.8 Å². The summed E-state index contributed by atoms with van der Waals surface area (Å²) >= 11 is 1.32. The number of phenolic OH excluding ortho intramolecular Hbond substituents is 1. The standard InChI is InChI=1S/C37H48N4O9S2/c1-5-7-18-37(19-8-6-2)23-41(26-12-10-9-11-13-26)28-20-30(51-4)29(21-31(28)52(48,49)40-37)50-22-32(44)38-34(25-14-16-27(43)17-15-25)35(45)39-33(24(3)42)36(46)47/h9-17,20-21,24,33-34,40,42-43H,5-8,18-19,22-23H2,1-4H3,(H,38,44)(H,39,45)(H,46,47)/t24-,33+,34?/m1/s1. The van der Waals surface area contributed by atoms with Gasteiger partial charge >= 0.3 is 5.97 Å². The lowest BCUT2D eigenvalue weighted by Gasteiger charge is -2.37. The third kappa shape index (κ3) is 9.97. The lowest BCUT2D eigenvalue weighted by molar-refractivity contribution is -0.145. The Labute approximate surface area is 309 Å². The molecular weight excluding hydrogens is 709 g/mol. The number of amides is 2. The molecule has 0 saturated heterocycles. The van der Waals surface area contributed by atoms with E-state index in [-0.39, 0.29) is 22.0 Å². The van der Waals surface area contributed by atoms with Crippen LogP contribution in [0.1, 0.15) is 70.9 Å². The summed E-state index contributed by atoms with van der Waals surface area (Å²) in [6.45, 7) is 5.15. The zero-order chi connectivity index (χ0) is 38.1. The van der Waals surface area contributed by atoms with E-state index in [1.807, 2.05) is 41.5 Å². The molecule has 0 spiro atoms.